The van der Waals surface area contributed by atoms with Gasteiger partial charge in [0.15, 0.2) is 0 Å². The molecule has 88 valence electrons. The molecule has 2 aromatic rings. The molecule has 0 saturated heterocycles. The van der Waals surface area contributed by atoms with E-state index in [-0.39, 0.29) is 0 Å². The molecule has 0 fully saturated rings. The Bertz CT molecular complexity index is 553. The van der Waals surface area contributed by atoms with Gasteiger partial charge in [-0.3, -0.25) is 0 Å². The molecule has 0 aliphatic rings. The van der Waals surface area contributed by atoms with Crippen LogP contribution in [0.3, 0.4) is 0 Å². The van der Waals surface area contributed by atoms with Crippen molar-refractivity contribution in [2.45, 2.75) is 0 Å². The third-order valence-corrected chi connectivity index (χ3v) is 2.41. The molecule has 0 bridgehead atoms. The fourth-order valence-corrected chi connectivity index (χ4v) is 1.51. The number of hydrazine groups is 1. The third kappa shape index (κ3) is 3.13. The molecule has 0 heterocycles. The zero-order valence-electron chi connectivity index (χ0n) is 9.80. The molecule has 2 N–H and O–H groups in total. The molecule has 2 aromatic carbocycles. The second-order valence-electron chi connectivity index (χ2n) is 3.67. The van der Waals surface area contributed by atoms with E-state index < -0.39 is 0 Å². The normalized spacial score (nSPS) is 10.5. The summed E-state index contributed by atoms with van der Waals surface area (Å²) in [4.78, 5) is 0. The lowest BCUT2D eigenvalue weighted by Gasteiger charge is -2.06. The van der Waals surface area contributed by atoms with Crippen LogP contribution in [0.2, 0.25) is 0 Å². The SMILES string of the molecule is N#C/C(=C/NNc1ccccc1)c1ccccc1. The van der Waals surface area contributed by atoms with Gasteiger partial charge in [0.2, 0.25) is 0 Å². The molecule has 0 atom stereocenters. The van der Waals surface area contributed by atoms with Gasteiger partial charge in [-0.2, -0.15) is 5.26 Å². The summed E-state index contributed by atoms with van der Waals surface area (Å²) in [6.07, 6.45) is 1.66. The van der Waals surface area contributed by atoms with Gasteiger partial charge in [-0.1, -0.05) is 48.5 Å². The minimum Gasteiger partial charge on any atom is -0.307 e. The number of allylic oxidation sites excluding steroid dienone is 1. The van der Waals surface area contributed by atoms with Crippen molar-refractivity contribution in [3.05, 3.63) is 72.4 Å². The molecule has 0 radical (unpaired) electrons. The largest absolute Gasteiger partial charge is 0.307 e. The van der Waals surface area contributed by atoms with Gasteiger partial charge in [0.1, 0.15) is 6.07 Å². The summed E-state index contributed by atoms with van der Waals surface area (Å²) >= 11 is 0. The number of rotatable bonds is 4. The van der Waals surface area contributed by atoms with Crippen LogP contribution < -0.4 is 10.9 Å². The van der Waals surface area contributed by atoms with Crippen LogP contribution in [0.1, 0.15) is 5.56 Å². The summed E-state index contributed by atoms with van der Waals surface area (Å²) in [5.74, 6) is 0. The van der Waals surface area contributed by atoms with E-state index in [9.17, 15) is 0 Å². The van der Waals surface area contributed by atoms with Crippen molar-refractivity contribution >= 4 is 11.3 Å². The number of hydrogen-bond donors (Lipinski definition) is 2. The second kappa shape index (κ2) is 6.12. The maximum absolute atomic E-state index is 9.09. The Morgan fingerprint density at radius 1 is 0.944 bits per heavy atom. The van der Waals surface area contributed by atoms with Crippen molar-refractivity contribution in [1.82, 2.24) is 5.43 Å². The lowest BCUT2D eigenvalue weighted by Crippen LogP contribution is -2.14. The van der Waals surface area contributed by atoms with E-state index in [1.807, 2.05) is 60.7 Å². The first-order valence-corrected chi connectivity index (χ1v) is 5.62. The average Bonchev–Trinajstić information content (AvgIpc) is 2.46. The highest BCUT2D eigenvalue weighted by Gasteiger charge is 1.97. The fraction of sp³-hybridized carbons (Fsp3) is 0. The molecule has 0 aliphatic heterocycles. The molecule has 2 rings (SSSR count). The van der Waals surface area contributed by atoms with Crippen molar-refractivity contribution in [3.8, 4) is 6.07 Å². The van der Waals surface area contributed by atoms with Crippen LogP contribution in [0.4, 0.5) is 5.69 Å². The predicted octanol–water partition coefficient (Wildman–Crippen LogP) is 3.17. The quantitative estimate of drug-likeness (QED) is 0.632. The van der Waals surface area contributed by atoms with Gasteiger partial charge >= 0.3 is 0 Å². The maximum atomic E-state index is 9.09. The third-order valence-electron chi connectivity index (χ3n) is 2.41. The van der Waals surface area contributed by atoms with E-state index in [4.69, 9.17) is 5.26 Å². The minimum atomic E-state index is 0.582. The first-order chi connectivity index (χ1) is 8.90. The number of para-hydroxylation sites is 1. The highest BCUT2D eigenvalue weighted by Crippen LogP contribution is 2.11. The summed E-state index contributed by atoms with van der Waals surface area (Å²) in [6.45, 7) is 0. The highest BCUT2D eigenvalue weighted by atomic mass is 15.3. The monoisotopic (exact) mass is 235 g/mol. The molecule has 0 amide bonds. The van der Waals surface area contributed by atoms with Crippen LogP contribution in [-0.4, -0.2) is 0 Å². The van der Waals surface area contributed by atoms with Crippen LogP contribution in [0.5, 0.6) is 0 Å². The molecular formula is C15H13N3. The fourth-order valence-electron chi connectivity index (χ4n) is 1.51. The van der Waals surface area contributed by atoms with Gasteiger partial charge in [0, 0.05) is 6.20 Å². The summed E-state index contributed by atoms with van der Waals surface area (Å²) in [6, 6.07) is 21.4. The molecule has 0 aliphatic carbocycles. The lowest BCUT2D eigenvalue weighted by atomic mass is 10.1. The number of nitrogens with one attached hydrogen (secondary N) is 2. The van der Waals surface area contributed by atoms with Gasteiger partial charge in [0.05, 0.1) is 11.3 Å². The van der Waals surface area contributed by atoms with Crippen LogP contribution >= 0.6 is 0 Å². The second-order valence-corrected chi connectivity index (χ2v) is 3.67. The Balaban J connectivity index is 2.02. The van der Waals surface area contributed by atoms with Crippen LogP contribution in [-0.2, 0) is 0 Å². The molecule has 3 heteroatoms. The molecule has 0 aromatic heterocycles. The Morgan fingerprint density at radius 2 is 1.56 bits per heavy atom. The Morgan fingerprint density at radius 3 is 2.17 bits per heavy atom. The van der Waals surface area contributed by atoms with Gasteiger partial charge in [0.25, 0.3) is 0 Å². The van der Waals surface area contributed by atoms with Crippen LogP contribution in [0.25, 0.3) is 5.57 Å². The zero-order valence-corrected chi connectivity index (χ0v) is 9.80. The first-order valence-electron chi connectivity index (χ1n) is 5.62. The summed E-state index contributed by atoms with van der Waals surface area (Å²) in [5.41, 5.74) is 8.34. The van der Waals surface area contributed by atoms with E-state index >= 15 is 0 Å². The summed E-state index contributed by atoms with van der Waals surface area (Å²) in [7, 11) is 0. The predicted molar refractivity (Wildman–Crippen MR) is 73.2 cm³/mol. The smallest absolute Gasteiger partial charge is 0.101 e. The van der Waals surface area contributed by atoms with Gasteiger partial charge in [-0.15, -0.1) is 0 Å². The molecule has 0 saturated carbocycles. The number of benzene rings is 2. The van der Waals surface area contributed by atoms with E-state index in [0.717, 1.165) is 11.3 Å². The molecular weight excluding hydrogens is 222 g/mol. The van der Waals surface area contributed by atoms with Crippen molar-refractivity contribution in [2.75, 3.05) is 5.43 Å². The highest BCUT2D eigenvalue weighted by molar-refractivity contribution is 5.76. The lowest BCUT2D eigenvalue weighted by molar-refractivity contribution is 1.06. The molecule has 0 unspecified atom stereocenters. The molecule has 3 nitrogen and oxygen atoms in total. The summed E-state index contributed by atoms with van der Waals surface area (Å²) in [5, 5.41) is 9.09. The number of nitrogens with zero attached hydrogens (tertiary/aromatic N) is 1. The molecule has 0 spiro atoms. The Labute approximate surface area is 106 Å². The van der Waals surface area contributed by atoms with Crippen molar-refractivity contribution in [3.63, 3.8) is 0 Å². The van der Waals surface area contributed by atoms with Crippen LogP contribution in [0.15, 0.2) is 66.9 Å². The first kappa shape index (κ1) is 11.7. The number of anilines is 1. The Kier molecular flexibility index (Phi) is 3.99. The van der Waals surface area contributed by atoms with E-state index in [1.54, 1.807) is 6.20 Å². The average molecular weight is 235 g/mol. The van der Waals surface area contributed by atoms with Gasteiger partial charge < -0.3 is 10.9 Å². The zero-order chi connectivity index (χ0) is 12.6. The van der Waals surface area contributed by atoms with E-state index in [0.29, 0.717) is 5.57 Å². The van der Waals surface area contributed by atoms with Crippen molar-refractivity contribution < 1.29 is 0 Å². The van der Waals surface area contributed by atoms with Crippen molar-refractivity contribution in [2.24, 2.45) is 0 Å². The van der Waals surface area contributed by atoms with Crippen LogP contribution in [0, 0.1) is 11.3 Å². The Hall–Kier alpha value is -2.73. The van der Waals surface area contributed by atoms with Gasteiger partial charge in [-0.05, 0) is 17.7 Å². The topological polar surface area (TPSA) is 47.9 Å². The number of hydrogen-bond acceptors (Lipinski definition) is 3. The standard InChI is InChI=1S/C15H13N3/c16-11-14(13-7-3-1-4-8-13)12-17-18-15-9-5-2-6-10-15/h1-10,12,17-18H/b14-12-. The van der Waals surface area contributed by atoms with Crippen molar-refractivity contribution in [1.29, 1.82) is 5.26 Å². The number of nitriles is 1. The molecule has 18 heavy (non-hydrogen) atoms. The maximum Gasteiger partial charge on any atom is 0.101 e. The van der Waals surface area contributed by atoms with Gasteiger partial charge in [-0.25, -0.2) is 0 Å². The minimum absolute atomic E-state index is 0.582. The summed E-state index contributed by atoms with van der Waals surface area (Å²) < 4.78 is 0. The van der Waals surface area contributed by atoms with E-state index in [2.05, 4.69) is 16.9 Å². The van der Waals surface area contributed by atoms with E-state index in [1.165, 1.54) is 0 Å².